The number of nitrogens with one attached hydrogen (secondary N) is 1. The van der Waals surface area contributed by atoms with Crippen molar-refractivity contribution in [2.75, 3.05) is 18.0 Å². The van der Waals surface area contributed by atoms with Gasteiger partial charge in [0.05, 0.1) is 0 Å². The molecule has 1 aliphatic heterocycles. The van der Waals surface area contributed by atoms with E-state index in [0.717, 1.165) is 42.7 Å². The molecule has 2 aromatic rings. The molecule has 1 fully saturated rings. The highest BCUT2D eigenvalue weighted by atomic mass is 32.2. The van der Waals surface area contributed by atoms with Crippen LogP contribution in [0.3, 0.4) is 0 Å². The summed E-state index contributed by atoms with van der Waals surface area (Å²) < 4.78 is 29.0. The molecule has 1 heterocycles. The number of carbonyl (C=O) groups excluding carboxylic acids is 1. The molecule has 3 rings (SSSR count). The Morgan fingerprint density at radius 2 is 1.68 bits per heavy atom. The predicted octanol–water partition coefficient (Wildman–Crippen LogP) is 3.60. The minimum absolute atomic E-state index is 0.0340. The fraction of sp³-hybridized carbons (Fsp3) is 0.458. The van der Waals surface area contributed by atoms with Gasteiger partial charge in [-0.3, -0.25) is 4.79 Å². The Bertz CT molecular complexity index is 951. The fourth-order valence-corrected chi connectivity index (χ4v) is 5.79. The van der Waals surface area contributed by atoms with E-state index in [9.17, 15) is 13.2 Å². The molecular weight excluding hydrogens is 410 g/mol. The molecule has 0 bridgehead atoms. The molecule has 168 valence electrons. The molecule has 2 aromatic carbocycles. The molecule has 31 heavy (non-hydrogen) atoms. The Kier molecular flexibility index (Phi) is 7.73. The maximum Gasteiger partial charge on any atom is 0.220 e. The van der Waals surface area contributed by atoms with Crippen LogP contribution in [-0.4, -0.2) is 27.4 Å². The topological polar surface area (TPSA) is 92.5 Å². The first-order valence-electron chi connectivity index (χ1n) is 10.9. The van der Waals surface area contributed by atoms with Crippen molar-refractivity contribution in [3.05, 3.63) is 65.7 Å². The van der Waals surface area contributed by atoms with Gasteiger partial charge in [0.15, 0.2) is 0 Å². The lowest BCUT2D eigenvalue weighted by molar-refractivity contribution is -0.122. The maximum atomic E-state index is 13.1. The number of benzene rings is 2. The second kappa shape index (κ2) is 10.3. The van der Waals surface area contributed by atoms with Gasteiger partial charge in [0, 0.05) is 31.2 Å². The SMILES string of the molecule is CC(C)CC(c1ccccc1)S(=O)(=O)NCc1ccc(N2CCC(C(N)=O)CC2)cc1. The number of carbonyl (C=O) groups is 1. The van der Waals surface area contributed by atoms with Crippen LogP contribution in [0.2, 0.25) is 0 Å². The summed E-state index contributed by atoms with van der Waals surface area (Å²) in [5.41, 5.74) is 8.22. The number of amides is 1. The van der Waals surface area contributed by atoms with Gasteiger partial charge in [-0.15, -0.1) is 0 Å². The third kappa shape index (κ3) is 6.31. The highest BCUT2D eigenvalue weighted by Gasteiger charge is 2.28. The van der Waals surface area contributed by atoms with E-state index in [4.69, 9.17) is 5.73 Å². The molecule has 1 unspecified atom stereocenters. The van der Waals surface area contributed by atoms with Crippen LogP contribution in [0.5, 0.6) is 0 Å². The van der Waals surface area contributed by atoms with Gasteiger partial charge in [0.1, 0.15) is 5.25 Å². The Hall–Kier alpha value is -2.38. The largest absolute Gasteiger partial charge is 0.371 e. The standard InChI is InChI=1S/C24H33N3O3S/c1-18(2)16-23(20-6-4-3-5-7-20)31(29,30)26-17-19-8-10-22(11-9-19)27-14-12-21(13-15-27)24(25)28/h3-11,18,21,23,26H,12-17H2,1-2H3,(H2,25,28). The molecule has 7 heteroatoms. The van der Waals surface area contributed by atoms with Gasteiger partial charge in [0.25, 0.3) is 0 Å². The number of hydrogen-bond donors (Lipinski definition) is 2. The van der Waals surface area contributed by atoms with E-state index in [2.05, 4.69) is 9.62 Å². The van der Waals surface area contributed by atoms with Crippen LogP contribution in [0, 0.1) is 11.8 Å². The first-order valence-corrected chi connectivity index (χ1v) is 12.5. The highest BCUT2D eigenvalue weighted by molar-refractivity contribution is 7.89. The summed E-state index contributed by atoms with van der Waals surface area (Å²) in [6, 6.07) is 17.3. The average molecular weight is 444 g/mol. The summed E-state index contributed by atoms with van der Waals surface area (Å²) >= 11 is 0. The van der Waals surface area contributed by atoms with Crippen molar-refractivity contribution < 1.29 is 13.2 Å². The second-order valence-corrected chi connectivity index (χ2v) is 10.7. The summed E-state index contributed by atoms with van der Waals surface area (Å²) in [6.45, 7) is 5.93. The second-order valence-electron chi connectivity index (χ2n) is 8.73. The zero-order valence-corrected chi connectivity index (χ0v) is 19.1. The summed E-state index contributed by atoms with van der Waals surface area (Å²) in [5.74, 6) is 0.0154. The monoisotopic (exact) mass is 443 g/mol. The molecule has 6 nitrogen and oxygen atoms in total. The Morgan fingerprint density at radius 3 is 2.23 bits per heavy atom. The number of primary amides is 1. The molecule has 3 N–H and O–H groups in total. The quantitative estimate of drug-likeness (QED) is 0.619. The van der Waals surface area contributed by atoms with Crippen molar-refractivity contribution in [2.45, 2.75) is 44.9 Å². The minimum Gasteiger partial charge on any atom is -0.371 e. The molecule has 1 atom stereocenters. The Morgan fingerprint density at radius 1 is 1.06 bits per heavy atom. The molecular formula is C24H33N3O3S. The van der Waals surface area contributed by atoms with Crippen LogP contribution in [0.25, 0.3) is 0 Å². The zero-order chi connectivity index (χ0) is 22.4. The van der Waals surface area contributed by atoms with Gasteiger partial charge >= 0.3 is 0 Å². The van der Waals surface area contributed by atoms with Crippen molar-refractivity contribution in [3.8, 4) is 0 Å². The summed E-state index contributed by atoms with van der Waals surface area (Å²) in [6.07, 6.45) is 2.11. The number of nitrogens with two attached hydrogens (primary N) is 1. The van der Waals surface area contributed by atoms with Crippen LogP contribution in [0.1, 0.15) is 49.5 Å². The summed E-state index contributed by atoms with van der Waals surface area (Å²) in [4.78, 5) is 13.6. The van der Waals surface area contributed by atoms with E-state index in [-0.39, 0.29) is 24.3 Å². The van der Waals surface area contributed by atoms with Crippen molar-refractivity contribution in [3.63, 3.8) is 0 Å². The number of sulfonamides is 1. The maximum absolute atomic E-state index is 13.1. The van der Waals surface area contributed by atoms with E-state index < -0.39 is 15.3 Å². The first-order chi connectivity index (χ1) is 14.8. The van der Waals surface area contributed by atoms with Crippen LogP contribution < -0.4 is 15.4 Å². The molecule has 0 spiro atoms. The molecule has 1 amide bonds. The van der Waals surface area contributed by atoms with E-state index >= 15 is 0 Å². The van der Waals surface area contributed by atoms with Crippen molar-refractivity contribution in [1.29, 1.82) is 0 Å². The molecule has 0 aromatic heterocycles. The number of nitrogens with zero attached hydrogens (tertiary/aromatic N) is 1. The van der Waals surface area contributed by atoms with Crippen LogP contribution in [-0.2, 0) is 21.4 Å². The first kappa shape index (κ1) is 23.3. The van der Waals surface area contributed by atoms with E-state index in [1.54, 1.807) is 0 Å². The van der Waals surface area contributed by atoms with Crippen molar-refractivity contribution in [1.82, 2.24) is 4.72 Å². The van der Waals surface area contributed by atoms with Gasteiger partial charge in [-0.05, 0) is 48.4 Å². The minimum atomic E-state index is -3.52. The lowest BCUT2D eigenvalue weighted by Gasteiger charge is -2.32. The lowest BCUT2D eigenvalue weighted by atomic mass is 9.96. The zero-order valence-electron chi connectivity index (χ0n) is 18.3. The van der Waals surface area contributed by atoms with Gasteiger partial charge in [-0.25, -0.2) is 13.1 Å². The van der Waals surface area contributed by atoms with Gasteiger partial charge in [-0.2, -0.15) is 0 Å². The van der Waals surface area contributed by atoms with Crippen LogP contribution in [0.4, 0.5) is 5.69 Å². The number of anilines is 1. The van der Waals surface area contributed by atoms with Crippen LogP contribution in [0.15, 0.2) is 54.6 Å². The lowest BCUT2D eigenvalue weighted by Crippen LogP contribution is -2.38. The smallest absolute Gasteiger partial charge is 0.220 e. The van der Waals surface area contributed by atoms with Crippen molar-refractivity contribution in [2.24, 2.45) is 17.6 Å². The van der Waals surface area contributed by atoms with E-state index in [0.29, 0.717) is 6.42 Å². The van der Waals surface area contributed by atoms with E-state index in [1.165, 1.54) is 0 Å². The third-order valence-corrected chi connectivity index (χ3v) is 7.67. The summed E-state index contributed by atoms with van der Waals surface area (Å²) in [5, 5.41) is -0.570. The summed E-state index contributed by atoms with van der Waals surface area (Å²) in [7, 11) is -3.52. The number of rotatable bonds is 9. The van der Waals surface area contributed by atoms with Crippen LogP contribution >= 0.6 is 0 Å². The predicted molar refractivity (Wildman–Crippen MR) is 125 cm³/mol. The van der Waals surface area contributed by atoms with Gasteiger partial charge in [-0.1, -0.05) is 56.3 Å². The number of hydrogen-bond acceptors (Lipinski definition) is 4. The number of piperidine rings is 1. The normalized spacial score (nSPS) is 16.4. The van der Waals surface area contributed by atoms with Crippen molar-refractivity contribution >= 4 is 21.6 Å². The fourth-order valence-electron chi connectivity index (χ4n) is 4.07. The Labute approximate surface area is 185 Å². The molecule has 0 radical (unpaired) electrons. The third-order valence-electron chi connectivity index (χ3n) is 5.91. The molecule has 0 saturated carbocycles. The molecule has 1 saturated heterocycles. The highest BCUT2D eigenvalue weighted by Crippen LogP contribution is 2.29. The Balaban J connectivity index is 1.62. The molecule has 1 aliphatic rings. The average Bonchev–Trinajstić information content (AvgIpc) is 2.77. The molecule has 0 aliphatic carbocycles. The van der Waals surface area contributed by atoms with Gasteiger partial charge in [0.2, 0.25) is 15.9 Å². The van der Waals surface area contributed by atoms with Gasteiger partial charge < -0.3 is 10.6 Å². The van der Waals surface area contributed by atoms with E-state index in [1.807, 2.05) is 68.4 Å².